The minimum absolute atomic E-state index is 0.0824. The molecule has 1 amide bonds. The van der Waals surface area contributed by atoms with Gasteiger partial charge in [0.05, 0.1) is 6.21 Å². The zero-order valence-corrected chi connectivity index (χ0v) is 13.9. The van der Waals surface area contributed by atoms with Crippen LogP contribution in [-0.2, 0) is 11.2 Å². The van der Waals surface area contributed by atoms with Crippen LogP contribution in [0.5, 0.6) is 0 Å². The Hall–Kier alpha value is -3.20. The van der Waals surface area contributed by atoms with E-state index in [2.05, 4.69) is 22.7 Å². The molecule has 0 heterocycles. The summed E-state index contributed by atoms with van der Waals surface area (Å²) < 4.78 is 0. The van der Waals surface area contributed by atoms with Gasteiger partial charge < -0.3 is 0 Å². The third-order valence-electron chi connectivity index (χ3n) is 3.90. The van der Waals surface area contributed by atoms with Crippen molar-refractivity contribution in [3.63, 3.8) is 0 Å². The minimum Gasteiger partial charge on any atom is -0.273 e. The standard InChI is InChI=1S/C22H20N2O/c25-22(16-13-18-7-3-1-4-8-18)24-23-17-19-11-14-21(15-12-19)20-9-5-2-6-10-20/h1-12,14-15,17H,13,16H2,(H,24,25). The molecule has 3 nitrogen and oxygen atoms in total. The van der Waals surface area contributed by atoms with Crippen LogP contribution in [0.1, 0.15) is 17.5 Å². The smallest absolute Gasteiger partial charge is 0.240 e. The maximum absolute atomic E-state index is 11.8. The Labute approximate surface area is 148 Å². The largest absolute Gasteiger partial charge is 0.273 e. The van der Waals surface area contributed by atoms with Gasteiger partial charge in [-0.25, -0.2) is 5.43 Å². The number of carbonyl (C=O) groups is 1. The molecule has 0 spiro atoms. The molecule has 25 heavy (non-hydrogen) atoms. The third kappa shape index (κ3) is 5.15. The lowest BCUT2D eigenvalue weighted by molar-refractivity contribution is -0.121. The summed E-state index contributed by atoms with van der Waals surface area (Å²) >= 11 is 0. The fourth-order valence-corrected chi connectivity index (χ4v) is 2.53. The average molecular weight is 328 g/mol. The molecule has 0 atom stereocenters. The Bertz CT molecular complexity index is 825. The zero-order chi connectivity index (χ0) is 17.3. The Morgan fingerprint density at radius 3 is 2.08 bits per heavy atom. The van der Waals surface area contributed by atoms with Crippen molar-refractivity contribution in [2.75, 3.05) is 0 Å². The van der Waals surface area contributed by atoms with E-state index in [1.54, 1.807) is 6.21 Å². The molecule has 3 aromatic carbocycles. The van der Waals surface area contributed by atoms with Crippen molar-refractivity contribution in [3.05, 3.63) is 96.1 Å². The minimum atomic E-state index is -0.0824. The van der Waals surface area contributed by atoms with Gasteiger partial charge in [0.2, 0.25) is 5.91 Å². The number of carbonyl (C=O) groups excluding carboxylic acids is 1. The summed E-state index contributed by atoms with van der Waals surface area (Å²) in [6.07, 6.45) is 2.80. The van der Waals surface area contributed by atoms with Crippen LogP contribution >= 0.6 is 0 Å². The molecule has 0 unspecified atom stereocenters. The molecular formula is C22H20N2O. The van der Waals surface area contributed by atoms with E-state index in [-0.39, 0.29) is 5.91 Å². The number of nitrogens with zero attached hydrogens (tertiary/aromatic N) is 1. The maximum atomic E-state index is 11.8. The SMILES string of the molecule is O=C(CCc1ccccc1)NN=Cc1ccc(-c2ccccc2)cc1. The second-order valence-corrected chi connectivity index (χ2v) is 5.77. The molecule has 3 heteroatoms. The molecule has 0 aliphatic carbocycles. The van der Waals surface area contributed by atoms with E-state index in [1.807, 2.05) is 72.8 Å². The van der Waals surface area contributed by atoms with Crippen molar-refractivity contribution in [1.82, 2.24) is 5.43 Å². The topological polar surface area (TPSA) is 41.5 Å². The first-order valence-corrected chi connectivity index (χ1v) is 8.32. The first-order chi connectivity index (χ1) is 12.3. The summed E-state index contributed by atoms with van der Waals surface area (Å²) in [7, 11) is 0. The summed E-state index contributed by atoms with van der Waals surface area (Å²) in [6, 6.07) is 28.2. The van der Waals surface area contributed by atoms with E-state index in [0.29, 0.717) is 12.8 Å². The Kier molecular flexibility index (Phi) is 5.73. The van der Waals surface area contributed by atoms with Crippen LogP contribution in [0, 0.1) is 0 Å². The lowest BCUT2D eigenvalue weighted by Gasteiger charge is -2.02. The Morgan fingerprint density at radius 2 is 1.40 bits per heavy atom. The highest BCUT2D eigenvalue weighted by molar-refractivity contribution is 5.83. The van der Waals surface area contributed by atoms with Gasteiger partial charge in [0.1, 0.15) is 0 Å². The lowest BCUT2D eigenvalue weighted by atomic mass is 10.0. The molecular weight excluding hydrogens is 308 g/mol. The Morgan fingerprint density at radius 1 is 0.800 bits per heavy atom. The zero-order valence-electron chi connectivity index (χ0n) is 13.9. The summed E-state index contributed by atoms with van der Waals surface area (Å²) in [5, 5.41) is 4.03. The van der Waals surface area contributed by atoms with E-state index in [1.165, 1.54) is 5.56 Å². The van der Waals surface area contributed by atoms with Crippen molar-refractivity contribution >= 4 is 12.1 Å². The molecule has 0 aliphatic rings. The van der Waals surface area contributed by atoms with Crippen LogP contribution in [0.3, 0.4) is 0 Å². The number of rotatable bonds is 6. The van der Waals surface area contributed by atoms with Crippen molar-refractivity contribution < 1.29 is 4.79 Å². The average Bonchev–Trinajstić information content (AvgIpc) is 2.68. The van der Waals surface area contributed by atoms with Gasteiger partial charge in [-0.15, -0.1) is 0 Å². The van der Waals surface area contributed by atoms with E-state index in [0.717, 1.165) is 16.7 Å². The summed E-state index contributed by atoms with van der Waals surface area (Å²) in [6.45, 7) is 0. The number of hydrogen-bond donors (Lipinski definition) is 1. The highest BCUT2D eigenvalue weighted by Gasteiger charge is 2.00. The quantitative estimate of drug-likeness (QED) is 0.527. The first-order valence-electron chi connectivity index (χ1n) is 8.32. The maximum Gasteiger partial charge on any atom is 0.240 e. The molecule has 3 aromatic rings. The van der Waals surface area contributed by atoms with Crippen LogP contribution in [0.25, 0.3) is 11.1 Å². The van der Waals surface area contributed by atoms with Crippen LogP contribution in [0.4, 0.5) is 0 Å². The summed E-state index contributed by atoms with van der Waals surface area (Å²) in [5.41, 5.74) is 7.01. The number of hydrogen-bond acceptors (Lipinski definition) is 2. The monoisotopic (exact) mass is 328 g/mol. The van der Waals surface area contributed by atoms with Gasteiger partial charge >= 0.3 is 0 Å². The van der Waals surface area contributed by atoms with Gasteiger partial charge in [-0.2, -0.15) is 5.10 Å². The predicted molar refractivity (Wildman–Crippen MR) is 102 cm³/mol. The van der Waals surface area contributed by atoms with E-state index < -0.39 is 0 Å². The van der Waals surface area contributed by atoms with Crippen LogP contribution < -0.4 is 5.43 Å². The number of nitrogens with one attached hydrogen (secondary N) is 1. The number of amides is 1. The molecule has 1 N–H and O–H groups in total. The van der Waals surface area contributed by atoms with Gasteiger partial charge in [-0.05, 0) is 28.7 Å². The van der Waals surface area contributed by atoms with Crippen molar-refractivity contribution in [1.29, 1.82) is 0 Å². The van der Waals surface area contributed by atoms with E-state index >= 15 is 0 Å². The van der Waals surface area contributed by atoms with Crippen LogP contribution in [0.15, 0.2) is 90.0 Å². The van der Waals surface area contributed by atoms with Gasteiger partial charge in [0, 0.05) is 6.42 Å². The molecule has 0 saturated heterocycles. The normalized spacial score (nSPS) is 10.7. The van der Waals surface area contributed by atoms with Crippen molar-refractivity contribution in [2.45, 2.75) is 12.8 Å². The molecule has 124 valence electrons. The Balaban J connectivity index is 1.49. The fraction of sp³-hybridized carbons (Fsp3) is 0.0909. The highest BCUT2D eigenvalue weighted by atomic mass is 16.2. The fourth-order valence-electron chi connectivity index (χ4n) is 2.53. The molecule has 0 bridgehead atoms. The van der Waals surface area contributed by atoms with Gasteiger partial charge in [0.25, 0.3) is 0 Å². The molecule has 0 fully saturated rings. The lowest BCUT2D eigenvalue weighted by Crippen LogP contribution is -2.17. The van der Waals surface area contributed by atoms with Gasteiger partial charge in [-0.3, -0.25) is 4.79 Å². The van der Waals surface area contributed by atoms with E-state index in [4.69, 9.17) is 0 Å². The molecule has 3 rings (SSSR count). The summed E-state index contributed by atoms with van der Waals surface area (Å²) in [4.78, 5) is 11.8. The van der Waals surface area contributed by atoms with Crippen molar-refractivity contribution in [3.8, 4) is 11.1 Å². The molecule has 0 aliphatic heterocycles. The number of benzene rings is 3. The van der Waals surface area contributed by atoms with Gasteiger partial charge in [-0.1, -0.05) is 84.9 Å². The molecule has 0 radical (unpaired) electrons. The van der Waals surface area contributed by atoms with Crippen LogP contribution in [-0.4, -0.2) is 12.1 Å². The van der Waals surface area contributed by atoms with E-state index in [9.17, 15) is 4.79 Å². The van der Waals surface area contributed by atoms with Crippen LogP contribution in [0.2, 0.25) is 0 Å². The van der Waals surface area contributed by atoms with Crippen molar-refractivity contribution in [2.24, 2.45) is 5.10 Å². The summed E-state index contributed by atoms with van der Waals surface area (Å²) in [5.74, 6) is -0.0824. The molecule has 0 saturated carbocycles. The molecule has 0 aromatic heterocycles. The van der Waals surface area contributed by atoms with Gasteiger partial charge in [0.15, 0.2) is 0 Å². The second kappa shape index (κ2) is 8.60. The second-order valence-electron chi connectivity index (χ2n) is 5.77. The predicted octanol–water partition coefficient (Wildman–Crippen LogP) is 4.44. The highest BCUT2D eigenvalue weighted by Crippen LogP contribution is 2.18. The number of aryl methyl sites for hydroxylation is 1. The first kappa shape index (κ1) is 16.7. The number of hydrazone groups is 1. The third-order valence-corrected chi connectivity index (χ3v) is 3.90.